The van der Waals surface area contributed by atoms with Crippen LogP contribution in [0.15, 0.2) is 34.5 Å². The molecule has 1 saturated heterocycles. The second-order valence-corrected chi connectivity index (χ2v) is 7.77. The first-order valence-corrected chi connectivity index (χ1v) is 8.63. The molecule has 1 aliphatic rings. The van der Waals surface area contributed by atoms with Gasteiger partial charge in [-0.3, -0.25) is 0 Å². The molecule has 2 aromatic rings. The van der Waals surface area contributed by atoms with Crippen LogP contribution in [0.1, 0.15) is 6.42 Å². The minimum absolute atomic E-state index is 0.180. The van der Waals surface area contributed by atoms with Gasteiger partial charge in [-0.25, -0.2) is 17.9 Å². The zero-order valence-corrected chi connectivity index (χ0v) is 12.5. The van der Waals surface area contributed by atoms with Crippen molar-refractivity contribution in [2.24, 2.45) is 0 Å². The van der Waals surface area contributed by atoms with Gasteiger partial charge in [-0.15, -0.1) is 11.3 Å². The van der Waals surface area contributed by atoms with E-state index in [2.05, 4.69) is 4.72 Å². The average Bonchev–Trinajstić information content (AvgIpc) is 3.04. The third-order valence-electron chi connectivity index (χ3n) is 3.31. The van der Waals surface area contributed by atoms with Crippen molar-refractivity contribution >= 4 is 37.4 Å². The quantitative estimate of drug-likeness (QED) is 0.886. The van der Waals surface area contributed by atoms with Gasteiger partial charge >= 0.3 is 5.97 Å². The number of aliphatic carboxylic acids is 1. The maximum absolute atomic E-state index is 12.4. The summed E-state index contributed by atoms with van der Waals surface area (Å²) in [6.07, 6.45) is -0.782. The highest BCUT2D eigenvalue weighted by Crippen LogP contribution is 2.29. The molecule has 2 atom stereocenters. The predicted molar refractivity (Wildman–Crippen MR) is 77.9 cm³/mol. The molecule has 8 heteroatoms. The molecule has 1 aliphatic heterocycles. The fourth-order valence-corrected chi connectivity index (χ4v) is 4.99. The molecule has 3 rings (SSSR count). The molecule has 0 amide bonds. The van der Waals surface area contributed by atoms with E-state index in [-0.39, 0.29) is 10.8 Å². The molecule has 0 spiro atoms. The fourth-order valence-electron chi connectivity index (χ4n) is 2.30. The number of carbonyl (C=O) groups is 1. The number of thiophene rings is 1. The first-order valence-electron chi connectivity index (χ1n) is 6.33. The Kier molecular flexibility index (Phi) is 3.70. The van der Waals surface area contributed by atoms with Crippen molar-refractivity contribution in [3.8, 4) is 0 Å². The molecule has 2 heterocycles. The van der Waals surface area contributed by atoms with Gasteiger partial charge in [0.2, 0.25) is 10.0 Å². The van der Waals surface area contributed by atoms with Crippen molar-refractivity contribution in [2.75, 3.05) is 6.61 Å². The lowest BCUT2D eigenvalue weighted by Crippen LogP contribution is -2.43. The van der Waals surface area contributed by atoms with Crippen LogP contribution in [-0.4, -0.2) is 38.2 Å². The Balaban J connectivity index is 1.88. The van der Waals surface area contributed by atoms with Gasteiger partial charge < -0.3 is 9.84 Å². The van der Waals surface area contributed by atoms with Gasteiger partial charge in [-0.1, -0.05) is 18.2 Å². The van der Waals surface area contributed by atoms with Crippen LogP contribution in [0.4, 0.5) is 0 Å². The number of benzene rings is 1. The summed E-state index contributed by atoms with van der Waals surface area (Å²) >= 11 is 1.16. The van der Waals surface area contributed by atoms with E-state index >= 15 is 0 Å². The molecule has 2 N–H and O–H groups in total. The van der Waals surface area contributed by atoms with Crippen LogP contribution in [0.2, 0.25) is 0 Å². The van der Waals surface area contributed by atoms with E-state index in [1.54, 1.807) is 6.07 Å². The zero-order chi connectivity index (χ0) is 15.0. The third kappa shape index (κ3) is 2.80. The molecule has 0 saturated carbocycles. The van der Waals surface area contributed by atoms with Gasteiger partial charge in [0.25, 0.3) is 0 Å². The lowest BCUT2D eigenvalue weighted by molar-refractivity contribution is -0.147. The van der Waals surface area contributed by atoms with E-state index in [1.807, 2.05) is 24.3 Å². The maximum atomic E-state index is 12.4. The van der Waals surface area contributed by atoms with Gasteiger partial charge in [0.1, 0.15) is 4.21 Å². The van der Waals surface area contributed by atoms with E-state index in [0.29, 0.717) is 6.42 Å². The standard InChI is InChI=1S/C13H13NO5S2/c15-13(16)12-9(5-6-19-12)14-21(17,18)11-7-8-3-1-2-4-10(8)20-11/h1-4,7,9,12,14H,5-6H2,(H,15,16)/t9-,12+/m0/s1. The summed E-state index contributed by atoms with van der Waals surface area (Å²) in [5.74, 6) is -1.16. The van der Waals surface area contributed by atoms with Crippen LogP contribution in [-0.2, 0) is 19.6 Å². The maximum Gasteiger partial charge on any atom is 0.334 e. The monoisotopic (exact) mass is 327 g/mol. The van der Waals surface area contributed by atoms with Gasteiger partial charge in [-0.2, -0.15) is 0 Å². The third-order valence-corrected chi connectivity index (χ3v) is 6.39. The predicted octanol–water partition coefficient (Wildman–Crippen LogP) is 1.42. The number of carboxylic acid groups (broad SMARTS) is 1. The van der Waals surface area contributed by atoms with E-state index in [9.17, 15) is 13.2 Å². The van der Waals surface area contributed by atoms with Crippen molar-refractivity contribution in [3.63, 3.8) is 0 Å². The summed E-state index contributed by atoms with van der Waals surface area (Å²) in [5, 5.41) is 9.86. The number of sulfonamides is 1. The van der Waals surface area contributed by atoms with Crippen LogP contribution < -0.4 is 4.72 Å². The second-order valence-electron chi connectivity index (χ2n) is 4.75. The summed E-state index contributed by atoms with van der Waals surface area (Å²) < 4.78 is 33.3. The Morgan fingerprint density at radius 3 is 2.86 bits per heavy atom. The highest BCUT2D eigenvalue weighted by Gasteiger charge is 2.37. The molecule has 6 nitrogen and oxygen atoms in total. The van der Waals surface area contributed by atoms with Crippen LogP contribution in [0.25, 0.3) is 10.1 Å². The van der Waals surface area contributed by atoms with Gasteiger partial charge in [0, 0.05) is 11.3 Å². The highest BCUT2D eigenvalue weighted by molar-refractivity contribution is 7.91. The number of nitrogens with one attached hydrogen (secondary N) is 1. The Bertz CT molecular complexity index is 750. The number of hydrogen-bond acceptors (Lipinski definition) is 5. The van der Waals surface area contributed by atoms with Crippen molar-refractivity contribution in [3.05, 3.63) is 30.3 Å². The van der Waals surface area contributed by atoms with Crippen molar-refractivity contribution in [1.29, 1.82) is 0 Å². The lowest BCUT2D eigenvalue weighted by Gasteiger charge is -2.15. The number of hydrogen-bond donors (Lipinski definition) is 2. The van der Waals surface area contributed by atoms with Crippen molar-refractivity contribution in [1.82, 2.24) is 4.72 Å². The first-order chi connectivity index (χ1) is 9.97. The van der Waals surface area contributed by atoms with Crippen LogP contribution in [0, 0.1) is 0 Å². The fraction of sp³-hybridized carbons (Fsp3) is 0.308. The first kappa shape index (κ1) is 14.5. The van der Waals surface area contributed by atoms with E-state index < -0.39 is 28.1 Å². The van der Waals surface area contributed by atoms with Crippen LogP contribution >= 0.6 is 11.3 Å². The number of ether oxygens (including phenoxy) is 1. The van der Waals surface area contributed by atoms with Gasteiger partial charge in [0.15, 0.2) is 6.10 Å². The Hall–Kier alpha value is -1.48. The second kappa shape index (κ2) is 5.38. The van der Waals surface area contributed by atoms with E-state index in [4.69, 9.17) is 9.84 Å². The number of rotatable bonds is 4. The molecule has 1 aromatic heterocycles. The minimum Gasteiger partial charge on any atom is -0.479 e. The summed E-state index contributed by atoms with van der Waals surface area (Å²) in [6, 6.07) is 8.21. The molecule has 0 radical (unpaired) electrons. The van der Waals surface area contributed by atoms with E-state index in [0.717, 1.165) is 21.4 Å². The highest BCUT2D eigenvalue weighted by atomic mass is 32.2. The number of carboxylic acids is 1. The molecule has 0 bridgehead atoms. The number of fused-ring (bicyclic) bond motifs is 1. The van der Waals surface area contributed by atoms with Crippen molar-refractivity contribution < 1.29 is 23.1 Å². The van der Waals surface area contributed by atoms with Crippen LogP contribution in [0.5, 0.6) is 0 Å². The van der Waals surface area contributed by atoms with Crippen molar-refractivity contribution in [2.45, 2.75) is 22.8 Å². The summed E-state index contributed by atoms with van der Waals surface area (Å²) in [6.45, 7) is 0.233. The molecular weight excluding hydrogens is 314 g/mol. The Labute approximate surface area is 125 Å². The molecule has 1 aromatic carbocycles. The minimum atomic E-state index is -3.75. The molecule has 1 fully saturated rings. The normalized spacial score (nSPS) is 22.7. The topological polar surface area (TPSA) is 92.7 Å². The van der Waals surface area contributed by atoms with E-state index in [1.165, 1.54) is 0 Å². The summed E-state index contributed by atoms with van der Waals surface area (Å²) in [4.78, 5) is 11.0. The SMILES string of the molecule is O=C(O)[C@@H]1OCC[C@@H]1NS(=O)(=O)c1cc2ccccc2s1. The zero-order valence-electron chi connectivity index (χ0n) is 10.9. The largest absolute Gasteiger partial charge is 0.479 e. The molecule has 21 heavy (non-hydrogen) atoms. The van der Waals surface area contributed by atoms with Gasteiger partial charge in [-0.05, 0) is 23.9 Å². The molecular formula is C13H13NO5S2. The Morgan fingerprint density at radius 1 is 1.38 bits per heavy atom. The molecule has 0 unspecified atom stereocenters. The lowest BCUT2D eigenvalue weighted by atomic mass is 10.2. The summed E-state index contributed by atoms with van der Waals surface area (Å²) in [7, 11) is -3.75. The van der Waals surface area contributed by atoms with Crippen LogP contribution in [0.3, 0.4) is 0 Å². The average molecular weight is 327 g/mol. The Morgan fingerprint density at radius 2 is 2.14 bits per heavy atom. The molecule has 0 aliphatic carbocycles. The van der Waals surface area contributed by atoms with Gasteiger partial charge in [0.05, 0.1) is 6.04 Å². The molecule has 112 valence electrons. The smallest absolute Gasteiger partial charge is 0.334 e. The summed E-state index contributed by atoms with van der Waals surface area (Å²) in [5.41, 5.74) is 0.